The molecule has 1 atom stereocenters. The lowest BCUT2D eigenvalue weighted by Gasteiger charge is -2.09. The maximum Gasteiger partial charge on any atom is 0.270 e. The van der Waals surface area contributed by atoms with E-state index in [0.717, 1.165) is 10.9 Å². The van der Waals surface area contributed by atoms with Gasteiger partial charge >= 0.3 is 0 Å². The van der Waals surface area contributed by atoms with Gasteiger partial charge in [-0.3, -0.25) is 9.78 Å². The summed E-state index contributed by atoms with van der Waals surface area (Å²) < 4.78 is 0. The third-order valence-corrected chi connectivity index (χ3v) is 3.20. The molecule has 0 saturated heterocycles. The number of hydrogen-bond acceptors (Lipinski definition) is 2. The summed E-state index contributed by atoms with van der Waals surface area (Å²) in [6, 6.07) is 3.71. The number of hydrogen-bond donors (Lipinski definition) is 1. The van der Waals surface area contributed by atoms with Gasteiger partial charge < -0.3 is 5.32 Å². The standard InChI is InChI=1S/C11H15BrN2O/c1-8(6-12)7-14-11(15)10-9(2)4-3-5-13-10/h3-5,8H,6-7H2,1-2H3,(H,14,15). The van der Waals surface area contributed by atoms with Crippen LogP contribution in [0.25, 0.3) is 0 Å². The van der Waals surface area contributed by atoms with E-state index in [0.29, 0.717) is 18.2 Å². The molecule has 0 aliphatic heterocycles. The number of pyridine rings is 1. The van der Waals surface area contributed by atoms with Crippen molar-refractivity contribution >= 4 is 21.8 Å². The van der Waals surface area contributed by atoms with Crippen molar-refractivity contribution < 1.29 is 4.79 Å². The highest BCUT2D eigenvalue weighted by molar-refractivity contribution is 9.09. The largest absolute Gasteiger partial charge is 0.350 e. The number of alkyl halides is 1. The minimum Gasteiger partial charge on any atom is -0.350 e. The summed E-state index contributed by atoms with van der Waals surface area (Å²) in [4.78, 5) is 15.8. The number of carbonyl (C=O) groups excluding carboxylic acids is 1. The van der Waals surface area contributed by atoms with Crippen LogP contribution in [0.3, 0.4) is 0 Å². The van der Waals surface area contributed by atoms with Crippen LogP contribution in [0.15, 0.2) is 18.3 Å². The van der Waals surface area contributed by atoms with Crippen LogP contribution in [0.4, 0.5) is 0 Å². The molecule has 4 heteroatoms. The van der Waals surface area contributed by atoms with Gasteiger partial charge in [0.1, 0.15) is 5.69 Å². The van der Waals surface area contributed by atoms with Crippen molar-refractivity contribution in [2.75, 3.05) is 11.9 Å². The van der Waals surface area contributed by atoms with Crippen molar-refractivity contribution in [2.45, 2.75) is 13.8 Å². The Labute approximate surface area is 98.4 Å². The normalized spacial score (nSPS) is 12.2. The van der Waals surface area contributed by atoms with Crippen molar-refractivity contribution in [1.29, 1.82) is 0 Å². The number of nitrogens with one attached hydrogen (secondary N) is 1. The fraction of sp³-hybridized carbons (Fsp3) is 0.455. The molecule has 1 heterocycles. The lowest BCUT2D eigenvalue weighted by Crippen LogP contribution is -2.29. The van der Waals surface area contributed by atoms with E-state index in [-0.39, 0.29) is 5.91 Å². The molecule has 1 aromatic rings. The van der Waals surface area contributed by atoms with Gasteiger partial charge in [-0.15, -0.1) is 0 Å². The zero-order valence-corrected chi connectivity index (χ0v) is 10.5. The molecule has 0 aliphatic carbocycles. The number of halogens is 1. The Morgan fingerprint density at radius 1 is 1.67 bits per heavy atom. The number of rotatable bonds is 4. The van der Waals surface area contributed by atoms with Crippen LogP contribution in [-0.2, 0) is 0 Å². The third kappa shape index (κ3) is 3.63. The molecule has 3 nitrogen and oxygen atoms in total. The summed E-state index contributed by atoms with van der Waals surface area (Å²) in [6.07, 6.45) is 1.63. The maximum atomic E-state index is 11.7. The van der Waals surface area contributed by atoms with Gasteiger partial charge in [-0.25, -0.2) is 0 Å². The monoisotopic (exact) mass is 270 g/mol. The Morgan fingerprint density at radius 3 is 3.00 bits per heavy atom. The minimum absolute atomic E-state index is 0.0964. The molecule has 0 fully saturated rings. The van der Waals surface area contributed by atoms with Gasteiger partial charge in [0.15, 0.2) is 0 Å². The molecular formula is C11H15BrN2O. The molecule has 0 spiro atoms. The highest BCUT2D eigenvalue weighted by Gasteiger charge is 2.10. The SMILES string of the molecule is Cc1cccnc1C(=O)NCC(C)CBr. The predicted octanol–water partition coefficient (Wildman–Crippen LogP) is 2.15. The van der Waals surface area contributed by atoms with Gasteiger partial charge in [-0.2, -0.15) is 0 Å². The van der Waals surface area contributed by atoms with E-state index < -0.39 is 0 Å². The van der Waals surface area contributed by atoms with Crippen molar-refractivity contribution in [3.8, 4) is 0 Å². The van der Waals surface area contributed by atoms with E-state index in [4.69, 9.17) is 0 Å². The van der Waals surface area contributed by atoms with Crippen LogP contribution < -0.4 is 5.32 Å². The summed E-state index contributed by atoms with van der Waals surface area (Å²) in [5, 5.41) is 3.74. The first-order chi connectivity index (χ1) is 7.15. The molecular weight excluding hydrogens is 256 g/mol. The zero-order chi connectivity index (χ0) is 11.3. The molecule has 15 heavy (non-hydrogen) atoms. The quantitative estimate of drug-likeness (QED) is 0.852. The van der Waals surface area contributed by atoms with Crippen LogP contribution >= 0.6 is 15.9 Å². The van der Waals surface area contributed by atoms with Gasteiger partial charge in [0, 0.05) is 18.1 Å². The Morgan fingerprint density at radius 2 is 2.40 bits per heavy atom. The maximum absolute atomic E-state index is 11.7. The minimum atomic E-state index is -0.0964. The Balaban J connectivity index is 2.58. The molecule has 1 amide bonds. The molecule has 82 valence electrons. The van der Waals surface area contributed by atoms with Gasteiger partial charge in [-0.1, -0.05) is 28.9 Å². The van der Waals surface area contributed by atoms with E-state index in [1.807, 2.05) is 19.1 Å². The van der Waals surface area contributed by atoms with Gasteiger partial charge in [0.05, 0.1) is 0 Å². The average Bonchev–Trinajstić information content (AvgIpc) is 2.26. The molecule has 0 saturated carbocycles. The van der Waals surface area contributed by atoms with Crippen LogP contribution in [0.1, 0.15) is 23.0 Å². The molecule has 0 aromatic carbocycles. The first-order valence-electron chi connectivity index (χ1n) is 4.91. The van der Waals surface area contributed by atoms with Gasteiger partial charge in [0.2, 0.25) is 0 Å². The number of aromatic nitrogens is 1. The fourth-order valence-electron chi connectivity index (χ4n) is 1.13. The molecule has 1 rings (SSSR count). The Bertz CT molecular complexity index is 341. The predicted molar refractivity (Wildman–Crippen MR) is 64.3 cm³/mol. The van der Waals surface area contributed by atoms with Crippen LogP contribution in [0, 0.1) is 12.8 Å². The number of carbonyl (C=O) groups is 1. The van der Waals surface area contributed by atoms with E-state index in [2.05, 4.69) is 33.2 Å². The smallest absolute Gasteiger partial charge is 0.270 e. The summed E-state index contributed by atoms with van der Waals surface area (Å²) in [5.74, 6) is 0.332. The summed E-state index contributed by atoms with van der Waals surface area (Å²) in [6.45, 7) is 4.62. The second-order valence-corrected chi connectivity index (χ2v) is 4.29. The third-order valence-electron chi connectivity index (χ3n) is 2.10. The van der Waals surface area contributed by atoms with Crippen LogP contribution in [-0.4, -0.2) is 22.8 Å². The van der Waals surface area contributed by atoms with Crippen molar-refractivity contribution in [3.63, 3.8) is 0 Å². The lowest BCUT2D eigenvalue weighted by atomic mass is 10.2. The van der Waals surface area contributed by atoms with Crippen molar-refractivity contribution in [2.24, 2.45) is 5.92 Å². The van der Waals surface area contributed by atoms with Gasteiger partial charge in [0.25, 0.3) is 5.91 Å². The molecule has 0 bridgehead atoms. The first-order valence-corrected chi connectivity index (χ1v) is 6.03. The van der Waals surface area contributed by atoms with E-state index in [9.17, 15) is 4.79 Å². The van der Waals surface area contributed by atoms with Gasteiger partial charge in [-0.05, 0) is 24.5 Å². The summed E-state index contributed by atoms with van der Waals surface area (Å²) in [5.41, 5.74) is 1.42. The number of amides is 1. The number of nitrogens with zero attached hydrogens (tertiary/aromatic N) is 1. The van der Waals surface area contributed by atoms with Crippen molar-refractivity contribution in [1.82, 2.24) is 10.3 Å². The lowest BCUT2D eigenvalue weighted by molar-refractivity contribution is 0.0943. The van der Waals surface area contributed by atoms with E-state index in [1.165, 1.54) is 0 Å². The Kier molecular flexibility index (Phi) is 4.75. The van der Waals surface area contributed by atoms with Crippen LogP contribution in [0.2, 0.25) is 0 Å². The topological polar surface area (TPSA) is 42.0 Å². The van der Waals surface area contributed by atoms with E-state index >= 15 is 0 Å². The van der Waals surface area contributed by atoms with Crippen molar-refractivity contribution in [3.05, 3.63) is 29.6 Å². The summed E-state index contributed by atoms with van der Waals surface area (Å²) in [7, 11) is 0. The second kappa shape index (κ2) is 5.85. The zero-order valence-electron chi connectivity index (χ0n) is 8.96. The molecule has 1 N–H and O–H groups in total. The highest BCUT2D eigenvalue weighted by atomic mass is 79.9. The van der Waals surface area contributed by atoms with Crippen LogP contribution in [0.5, 0.6) is 0 Å². The fourth-order valence-corrected chi connectivity index (χ4v) is 1.36. The second-order valence-electron chi connectivity index (χ2n) is 3.64. The molecule has 0 aliphatic rings. The number of aryl methyl sites for hydroxylation is 1. The molecule has 0 radical (unpaired) electrons. The highest BCUT2D eigenvalue weighted by Crippen LogP contribution is 2.03. The Hall–Kier alpha value is -0.900. The first kappa shape index (κ1) is 12.2. The summed E-state index contributed by atoms with van der Waals surface area (Å²) >= 11 is 3.37. The average molecular weight is 271 g/mol. The molecule has 1 aromatic heterocycles. The van der Waals surface area contributed by atoms with E-state index in [1.54, 1.807) is 6.20 Å². The molecule has 1 unspecified atom stereocenters.